The second kappa shape index (κ2) is 5.00. The van der Waals surface area contributed by atoms with E-state index in [9.17, 15) is 4.79 Å². The fourth-order valence-corrected chi connectivity index (χ4v) is 3.61. The van der Waals surface area contributed by atoms with E-state index in [4.69, 9.17) is 5.11 Å². The number of rotatable bonds is 3. The molecule has 5 heteroatoms. The standard InChI is InChI=1S/C16H16N2O2S/c1-9-4-5-12(10(2)6-9)14-8-21-16-17-11(3)13(18(14)16)7-15(19)20/h4-6,8H,7H2,1-3H3,(H,19,20). The Morgan fingerprint density at radius 3 is 2.76 bits per heavy atom. The Hall–Kier alpha value is -2.14. The number of benzene rings is 1. The lowest BCUT2D eigenvalue weighted by atomic mass is 10.0. The molecule has 0 saturated carbocycles. The van der Waals surface area contributed by atoms with E-state index in [-0.39, 0.29) is 6.42 Å². The minimum absolute atomic E-state index is 0.0123. The average molecular weight is 300 g/mol. The first kappa shape index (κ1) is 13.8. The van der Waals surface area contributed by atoms with Gasteiger partial charge in [-0.2, -0.15) is 0 Å². The molecule has 0 atom stereocenters. The van der Waals surface area contributed by atoms with Crippen LogP contribution in [0.3, 0.4) is 0 Å². The van der Waals surface area contributed by atoms with E-state index < -0.39 is 5.97 Å². The molecule has 0 aliphatic rings. The van der Waals surface area contributed by atoms with E-state index in [1.165, 1.54) is 11.1 Å². The Morgan fingerprint density at radius 1 is 1.33 bits per heavy atom. The Bertz CT molecular complexity index is 845. The van der Waals surface area contributed by atoms with E-state index in [1.807, 2.05) is 16.7 Å². The normalized spacial score (nSPS) is 11.2. The molecule has 0 amide bonds. The lowest BCUT2D eigenvalue weighted by Crippen LogP contribution is -2.05. The number of carboxylic acids is 1. The third kappa shape index (κ3) is 2.34. The number of imidazole rings is 1. The van der Waals surface area contributed by atoms with Crippen LogP contribution in [0.2, 0.25) is 0 Å². The summed E-state index contributed by atoms with van der Waals surface area (Å²) >= 11 is 1.54. The van der Waals surface area contributed by atoms with Crippen LogP contribution >= 0.6 is 11.3 Å². The number of nitrogens with zero attached hydrogens (tertiary/aromatic N) is 2. The number of aliphatic carboxylic acids is 1. The maximum atomic E-state index is 11.1. The molecule has 2 heterocycles. The molecule has 0 spiro atoms. The molecule has 3 rings (SSSR count). The zero-order valence-corrected chi connectivity index (χ0v) is 13.0. The molecule has 1 aromatic carbocycles. The van der Waals surface area contributed by atoms with Crippen LogP contribution < -0.4 is 0 Å². The number of carbonyl (C=O) groups is 1. The molecule has 0 bridgehead atoms. The predicted molar refractivity (Wildman–Crippen MR) is 84.1 cm³/mol. The third-order valence-corrected chi connectivity index (χ3v) is 4.46. The van der Waals surface area contributed by atoms with Gasteiger partial charge in [0.25, 0.3) is 0 Å². The summed E-state index contributed by atoms with van der Waals surface area (Å²) in [4.78, 5) is 16.4. The van der Waals surface area contributed by atoms with Gasteiger partial charge in [0.15, 0.2) is 4.96 Å². The van der Waals surface area contributed by atoms with Crippen LogP contribution in [0.15, 0.2) is 23.6 Å². The molecule has 0 aliphatic heterocycles. The van der Waals surface area contributed by atoms with Crippen molar-refractivity contribution >= 4 is 22.3 Å². The Balaban J connectivity index is 2.25. The van der Waals surface area contributed by atoms with Gasteiger partial charge in [-0.05, 0) is 26.3 Å². The van der Waals surface area contributed by atoms with E-state index >= 15 is 0 Å². The van der Waals surface area contributed by atoms with Crippen LogP contribution in [-0.4, -0.2) is 20.5 Å². The SMILES string of the molecule is Cc1ccc(-c2csc3nc(C)c(CC(=O)O)n23)c(C)c1. The van der Waals surface area contributed by atoms with Crippen LogP contribution in [0.1, 0.15) is 22.5 Å². The molecule has 0 aliphatic carbocycles. The van der Waals surface area contributed by atoms with Gasteiger partial charge in [-0.3, -0.25) is 9.20 Å². The van der Waals surface area contributed by atoms with Crippen molar-refractivity contribution in [2.24, 2.45) is 0 Å². The molecule has 108 valence electrons. The van der Waals surface area contributed by atoms with Gasteiger partial charge in [0.2, 0.25) is 0 Å². The van der Waals surface area contributed by atoms with E-state index in [0.29, 0.717) is 0 Å². The average Bonchev–Trinajstić information content (AvgIpc) is 2.91. The fourth-order valence-electron chi connectivity index (χ4n) is 2.66. The smallest absolute Gasteiger partial charge is 0.309 e. The van der Waals surface area contributed by atoms with Crippen LogP contribution in [-0.2, 0) is 11.2 Å². The minimum atomic E-state index is -0.835. The van der Waals surface area contributed by atoms with Crippen molar-refractivity contribution in [1.82, 2.24) is 9.38 Å². The van der Waals surface area contributed by atoms with E-state index in [2.05, 4.69) is 37.0 Å². The van der Waals surface area contributed by atoms with Crippen LogP contribution in [0.25, 0.3) is 16.2 Å². The summed E-state index contributed by atoms with van der Waals surface area (Å²) < 4.78 is 1.98. The van der Waals surface area contributed by atoms with Crippen LogP contribution in [0.5, 0.6) is 0 Å². The van der Waals surface area contributed by atoms with Crippen molar-refractivity contribution in [2.45, 2.75) is 27.2 Å². The Labute approximate surface area is 126 Å². The maximum absolute atomic E-state index is 11.1. The zero-order valence-electron chi connectivity index (χ0n) is 12.2. The van der Waals surface area contributed by atoms with Crippen molar-refractivity contribution in [2.75, 3.05) is 0 Å². The van der Waals surface area contributed by atoms with Crippen molar-refractivity contribution in [3.63, 3.8) is 0 Å². The van der Waals surface area contributed by atoms with Gasteiger partial charge >= 0.3 is 5.97 Å². The van der Waals surface area contributed by atoms with Gasteiger partial charge in [-0.15, -0.1) is 11.3 Å². The number of hydrogen-bond donors (Lipinski definition) is 1. The van der Waals surface area contributed by atoms with Crippen LogP contribution in [0, 0.1) is 20.8 Å². The molecule has 0 fully saturated rings. The second-order valence-corrected chi connectivity index (χ2v) is 6.11. The van der Waals surface area contributed by atoms with E-state index in [1.54, 1.807) is 11.3 Å². The molecule has 4 nitrogen and oxygen atoms in total. The minimum Gasteiger partial charge on any atom is -0.481 e. The molecular formula is C16H16N2O2S. The lowest BCUT2D eigenvalue weighted by Gasteiger charge is -2.08. The summed E-state index contributed by atoms with van der Waals surface area (Å²) in [5.74, 6) is -0.835. The molecule has 0 radical (unpaired) electrons. The van der Waals surface area contributed by atoms with Gasteiger partial charge in [0.1, 0.15) is 0 Å². The van der Waals surface area contributed by atoms with Crippen molar-refractivity contribution in [1.29, 1.82) is 0 Å². The summed E-state index contributed by atoms with van der Waals surface area (Å²) in [6.07, 6.45) is -0.0123. The Kier molecular flexibility index (Phi) is 3.29. The summed E-state index contributed by atoms with van der Waals surface area (Å²) in [6, 6.07) is 6.30. The number of fused-ring (bicyclic) bond motifs is 1. The zero-order chi connectivity index (χ0) is 15.1. The second-order valence-electron chi connectivity index (χ2n) is 5.27. The molecule has 3 aromatic rings. The lowest BCUT2D eigenvalue weighted by molar-refractivity contribution is -0.136. The first-order valence-corrected chi connectivity index (χ1v) is 7.60. The highest BCUT2D eigenvalue weighted by Crippen LogP contribution is 2.31. The first-order valence-electron chi connectivity index (χ1n) is 6.72. The van der Waals surface area contributed by atoms with Gasteiger partial charge < -0.3 is 5.11 Å². The van der Waals surface area contributed by atoms with Gasteiger partial charge in [-0.25, -0.2) is 4.98 Å². The van der Waals surface area contributed by atoms with E-state index in [0.717, 1.165) is 27.6 Å². The molecule has 0 saturated heterocycles. The Morgan fingerprint density at radius 2 is 2.10 bits per heavy atom. The number of carboxylic acid groups (broad SMARTS) is 1. The van der Waals surface area contributed by atoms with Crippen molar-refractivity contribution in [3.05, 3.63) is 46.1 Å². The number of thiazole rings is 1. The largest absolute Gasteiger partial charge is 0.481 e. The first-order chi connectivity index (χ1) is 9.97. The van der Waals surface area contributed by atoms with Crippen molar-refractivity contribution in [3.8, 4) is 11.3 Å². The highest BCUT2D eigenvalue weighted by atomic mass is 32.1. The van der Waals surface area contributed by atoms with Crippen LogP contribution in [0.4, 0.5) is 0 Å². The number of hydrogen-bond acceptors (Lipinski definition) is 3. The molecule has 2 aromatic heterocycles. The number of aromatic nitrogens is 2. The number of aryl methyl sites for hydroxylation is 3. The highest BCUT2D eigenvalue weighted by Gasteiger charge is 2.18. The van der Waals surface area contributed by atoms with Crippen molar-refractivity contribution < 1.29 is 9.90 Å². The predicted octanol–water partition coefficient (Wildman–Crippen LogP) is 3.62. The highest BCUT2D eigenvalue weighted by molar-refractivity contribution is 7.15. The molecule has 21 heavy (non-hydrogen) atoms. The summed E-state index contributed by atoms with van der Waals surface area (Å²) in [6.45, 7) is 6.01. The monoisotopic (exact) mass is 300 g/mol. The maximum Gasteiger partial charge on any atom is 0.309 e. The molecular weight excluding hydrogens is 284 g/mol. The molecule has 0 unspecified atom stereocenters. The summed E-state index contributed by atoms with van der Waals surface area (Å²) in [5, 5.41) is 11.2. The molecule has 1 N–H and O–H groups in total. The van der Waals surface area contributed by atoms with Gasteiger partial charge in [0.05, 0.1) is 23.5 Å². The fraction of sp³-hybridized carbons (Fsp3) is 0.250. The quantitative estimate of drug-likeness (QED) is 0.804. The van der Waals surface area contributed by atoms with Gasteiger partial charge in [-0.1, -0.05) is 23.8 Å². The summed E-state index contributed by atoms with van der Waals surface area (Å²) in [5.41, 5.74) is 6.09. The summed E-state index contributed by atoms with van der Waals surface area (Å²) in [7, 11) is 0. The topological polar surface area (TPSA) is 54.6 Å². The van der Waals surface area contributed by atoms with Gasteiger partial charge in [0, 0.05) is 10.9 Å². The third-order valence-electron chi connectivity index (χ3n) is 3.64.